The average molecular weight is 364 g/mol. The van der Waals surface area contributed by atoms with Gasteiger partial charge in [0.2, 0.25) is 0 Å². The van der Waals surface area contributed by atoms with E-state index in [0.717, 1.165) is 24.2 Å². The predicted molar refractivity (Wildman–Crippen MR) is 117 cm³/mol. The summed E-state index contributed by atoms with van der Waals surface area (Å²) in [4.78, 5) is 5.41. The molecule has 0 aromatic heterocycles. The third-order valence-corrected chi connectivity index (χ3v) is 8.08. The maximum atomic E-state index is 5.41. The second kappa shape index (κ2) is 7.22. The summed E-state index contributed by atoms with van der Waals surface area (Å²) in [6.45, 7) is 13.6. The van der Waals surface area contributed by atoms with Gasteiger partial charge in [0.05, 0.1) is 6.04 Å². The van der Waals surface area contributed by atoms with E-state index in [-0.39, 0.29) is 0 Å². The first-order valence-corrected chi connectivity index (χ1v) is 11.3. The zero-order valence-corrected chi connectivity index (χ0v) is 17.8. The number of fused-ring (bicyclic) bond motifs is 3. The first-order valence-electron chi connectivity index (χ1n) is 11.3. The van der Waals surface area contributed by atoms with Crippen molar-refractivity contribution in [2.45, 2.75) is 90.0 Å². The topological polar surface area (TPSA) is 12.4 Å². The summed E-state index contributed by atoms with van der Waals surface area (Å²) in [7, 11) is 0. The summed E-state index contributed by atoms with van der Waals surface area (Å²) in [6, 6.07) is 7.86. The average Bonchev–Trinajstić information content (AvgIpc) is 2.63. The van der Waals surface area contributed by atoms with Crippen LogP contribution in [0.5, 0.6) is 0 Å². The van der Waals surface area contributed by atoms with E-state index >= 15 is 0 Å². The number of benzene rings is 1. The highest BCUT2D eigenvalue weighted by molar-refractivity contribution is 6.04. The van der Waals surface area contributed by atoms with Crippen LogP contribution < -0.4 is 0 Å². The molecule has 27 heavy (non-hydrogen) atoms. The number of nitrogens with zero attached hydrogens (tertiary/aromatic N) is 1. The molecule has 0 amide bonds. The Morgan fingerprint density at radius 3 is 2.74 bits per heavy atom. The van der Waals surface area contributed by atoms with Crippen molar-refractivity contribution in [3.05, 3.63) is 47.5 Å². The first kappa shape index (κ1) is 19.0. The number of hydrogen-bond donors (Lipinski definition) is 0. The normalized spacial score (nSPS) is 36.9. The Bertz CT molecular complexity index is 743. The van der Waals surface area contributed by atoms with Gasteiger partial charge in [-0.2, -0.15) is 0 Å². The van der Waals surface area contributed by atoms with Crippen LogP contribution in [0.25, 0.3) is 0 Å². The Hall–Kier alpha value is -1.37. The maximum absolute atomic E-state index is 5.41. The summed E-state index contributed by atoms with van der Waals surface area (Å²) in [5.41, 5.74) is 6.29. The molecule has 1 aromatic carbocycles. The van der Waals surface area contributed by atoms with E-state index in [1.54, 1.807) is 5.56 Å². The molecule has 0 aliphatic heterocycles. The molecule has 0 radical (unpaired) electrons. The highest BCUT2D eigenvalue weighted by atomic mass is 14.8. The Balaban J connectivity index is 1.79. The summed E-state index contributed by atoms with van der Waals surface area (Å²) >= 11 is 0. The lowest BCUT2D eigenvalue weighted by Crippen LogP contribution is -2.45. The molecule has 5 atom stereocenters. The minimum Gasteiger partial charge on any atom is -0.286 e. The van der Waals surface area contributed by atoms with E-state index in [2.05, 4.69) is 58.5 Å². The summed E-state index contributed by atoms with van der Waals surface area (Å²) < 4.78 is 0. The SMILES string of the molecule is C=CCC1CCC1N=C1CC2C(C)CCCC2(C)c2ccc(C(C)C)cc21. The molecule has 3 aliphatic carbocycles. The number of hydrogen-bond acceptors (Lipinski definition) is 1. The van der Waals surface area contributed by atoms with Gasteiger partial charge in [0, 0.05) is 5.71 Å². The smallest absolute Gasteiger partial charge is 0.0534 e. The van der Waals surface area contributed by atoms with Crippen LogP contribution in [0.15, 0.2) is 35.8 Å². The largest absolute Gasteiger partial charge is 0.286 e. The van der Waals surface area contributed by atoms with Crippen molar-refractivity contribution in [1.29, 1.82) is 0 Å². The molecular formula is C26H37N. The van der Waals surface area contributed by atoms with Gasteiger partial charge in [-0.25, -0.2) is 0 Å². The lowest BCUT2D eigenvalue weighted by molar-refractivity contribution is 0.139. The third kappa shape index (κ3) is 3.22. The van der Waals surface area contributed by atoms with Gasteiger partial charge in [0.15, 0.2) is 0 Å². The Kier molecular flexibility index (Phi) is 5.08. The molecule has 0 heterocycles. The fourth-order valence-electron chi connectivity index (χ4n) is 6.08. The molecule has 146 valence electrons. The fraction of sp³-hybridized carbons (Fsp3) is 0.654. The highest BCUT2D eigenvalue weighted by Crippen LogP contribution is 2.52. The quantitative estimate of drug-likeness (QED) is 0.508. The van der Waals surface area contributed by atoms with Gasteiger partial charge in [-0.15, -0.1) is 6.58 Å². The lowest BCUT2D eigenvalue weighted by atomic mass is 9.54. The molecule has 2 saturated carbocycles. The van der Waals surface area contributed by atoms with Crippen molar-refractivity contribution in [2.75, 3.05) is 0 Å². The van der Waals surface area contributed by atoms with Crippen molar-refractivity contribution in [3.8, 4) is 0 Å². The zero-order chi connectivity index (χ0) is 19.2. The summed E-state index contributed by atoms with van der Waals surface area (Å²) in [6.07, 6.45) is 11.1. The zero-order valence-electron chi connectivity index (χ0n) is 17.8. The number of allylic oxidation sites excluding steroid dienone is 1. The fourth-order valence-corrected chi connectivity index (χ4v) is 6.08. The molecule has 0 saturated heterocycles. The molecule has 0 N–H and O–H groups in total. The standard InChI is InChI=1S/C26H37N/c1-6-8-19-11-13-24(19)27-25-16-23-18(4)9-7-14-26(23,5)22-12-10-20(17(2)3)15-21(22)25/h6,10,12,15,17-19,23-24H,1,7-9,11,13-14,16H2,2-5H3. The second-order valence-corrected chi connectivity index (χ2v) is 10.1. The van der Waals surface area contributed by atoms with Crippen LogP contribution in [-0.4, -0.2) is 11.8 Å². The van der Waals surface area contributed by atoms with Crippen LogP contribution in [0.1, 0.15) is 95.2 Å². The van der Waals surface area contributed by atoms with E-state index in [1.165, 1.54) is 55.4 Å². The van der Waals surface area contributed by atoms with Gasteiger partial charge in [0.25, 0.3) is 0 Å². The summed E-state index contributed by atoms with van der Waals surface area (Å²) in [5, 5.41) is 0. The minimum absolute atomic E-state index is 0.335. The van der Waals surface area contributed by atoms with E-state index in [1.807, 2.05) is 0 Å². The van der Waals surface area contributed by atoms with Gasteiger partial charge in [-0.1, -0.05) is 58.7 Å². The van der Waals surface area contributed by atoms with E-state index < -0.39 is 0 Å². The monoisotopic (exact) mass is 363 g/mol. The van der Waals surface area contributed by atoms with Crippen LogP contribution in [0.2, 0.25) is 0 Å². The van der Waals surface area contributed by atoms with Gasteiger partial charge in [-0.3, -0.25) is 4.99 Å². The summed E-state index contributed by atoms with van der Waals surface area (Å²) in [5.74, 6) is 2.85. The molecule has 2 fully saturated rings. The molecule has 1 heteroatoms. The number of aliphatic imine (C=N–C) groups is 1. The molecule has 3 aliphatic rings. The highest BCUT2D eigenvalue weighted by Gasteiger charge is 2.47. The minimum atomic E-state index is 0.335. The van der Waals surface area contributed by atoms with Gasteiger partial charge >= 0.3 is 0 Å². The molecule has 1 nitrogen and oxygen atoms in total. The van der Waals surface area contributed by atoms with Crippen molar-refractivity contribution in [3.63, 3.8) is 0 Å². The van der Waals surface area contributed by atoms with Crippen molar-refractivity contribution >= 4 is 5.71 Å². The maximum Gasteiger partial charge on any atom is 0.0534 e. The van der Waals surface area contributed by atoms with Gasteiger partial charge < -0.3 is 0 Å². The van der Waals surface area contributed by atoms with Gasteiger partial charge in [0.1, 0.15) is 0 Å². The van der Waals surface area contributed by atoms with Crippen molar-refractivity contribution in [2.24, 2.45) is 22.7 Å². The van der Waals surface area contributed by atoms with Crippen LogP contribution in [0.4, 0.5) is 0 Å². The first-order chi connectivity index (χ1) is 12.9. The Morgan fingerprint density at radius 1 is 1.26 bits per heavy atom. The van der Waals surface area contributed by atoms with Crippen molar-refractivity contribution in [1.82, 2.24) is 0 Å². The van der Waals surface area contributed by atoms with Crippen LogP contribution in [0, 0.1) is 17.8 Å². The van der Waals surface area contributed by atoms with E-state index in [4.69, 9.17) is 4.99 Å². The third-order valence-electron chi connectivity index (χ3n) is 8.08. The molecule has 4 rings (SSSR count). The molecular weight excluding hydrogens is 326 g/mol. The Morgan fingerprint density at radius 2 is 2.07 bits per heavy atom. The van der Waals surface area contributed by atoms with E-state index in [9.17, 15) is 0 Å². The molecule has 5 unspecified atom stereocenters. The van der Waals surface area contributed by atoms with Crippen LogP contribution >= 0.6 is 0 Å². The second-order valence-electron chi connectivity index (χ2n) is 10.1. The number of rotatable bonds is 4. The van der Waals surface area contributed by atoms with Crippen LogP contribution in [-0.2, 0) is 5.41 Å². The van der Waals surface area contributed by atoms with Gasteiger partial charge in [-0.05, 0) is 83.9 Å². The lowest BCUT2D eigenvalue weighted by Gasteiger charge is -2.50. The molecule has 0 bridgehead atoms. The van der Waals surface area contributed by atoms with Crippen LogP contribution in [0.3, 0.4) is 0 Å². The van der Waals surface area contributed by atoms with E-state index in [0.29, 0.717) is 17.4 Å². The Labute approximate surface area is 166 Å². The molecule has 1 aromatic rings. The molecule has 0 spiro atoms. The van der Waals surface area contributed by atoms with Crippen molar-refractivity contribution < 1.29 is 0 Å². The predicted octanol–water partition coefficient (Wildman–Crippen LogP) is 7.05.